The Morgan fingerprint density at radius 3 is 2.40 bits per heavy atom. The van der Waals surface area contributed by atoms with Crippen LogP contribution >= 0.6 is 23.2 Å². The molecule has 0 saturated carbocycles. The van der Waals surface area contributed by atoms with Crippen LogP contribution in [0.1, 0.15) is 26.5 Å². The van der Waals surface area contributed by atoms with Crippen molar-refractivity contribution >= 4 is 52.4 Å². The molecule has 0 bridgehead atoms. The van der Waals surface area contributed by atoms with Crippen LogP contribution in [0.15, 0.2) is 59.2 Å². The van der Waals surface area contributed by atoms with Gasteiger partial charge in [0.1, 0.15) is 0 Å². The largest absolute Gasteiger partial charge is 0.459 e. The van der Waals surface area contributed by atoms with Gasteiger partial charge in [-0.2, -0.15) is 0 Å². The average Bonchev–Trinajstić information content (AvgIpc) is 3.22. The molecule has 9 heteroatoms. The lowest BCUT2D eigenvalue weighted by atomic mass is 10.1. The standard InChI is InChI=1S/C21H16Cl2N2O5/c1-12-4-5-13(7-17(12)25-20(27)18-3-2-6-29-18)21(28)30-11-19(26)24-16-9-14(22)8-15(23)10-16/h2-10H,11H2,1H3,(H,24,26)(H,25,27). The van der Waals surface area contributed by atoms with Gasteiger partial charge in [0.05, 0.1) is 11.8 Å². The van der Waals surface area contributed by atoms with Crippen LogP contribution in [0.2, 0.25) is 10.0 Å². The van der Waals surface area contributed by atoms with Crippen molar-refractivity contribution in [3.05, 3.63) is 81.7 Å². The second-order valence-corrected chi connectivity index (χ2v) is 7.12. The van der Waals surface area contributed by atoms with Crippen molar-refractivity contribution in [2.45, 2.75) is 6.92 Å². The van der Waals surface area contributed by atoms with E-state index in [0.717, 1.165) is 5.56 Å². The number of aryl methyl sites for hydroxylation is 1. The molecule has 0 fully saturated rings. The third-order valence-electron chi connectivity index (χ3n) is 3.95. The Bertz CT molecular complexity index is 1080. The van der Waals surface area contributed by atoms with E-state index in [9.17, 15) is 14.4 Å². The van der Waals surface area contributed by atoms with Crippen molar-refractivity contribution in [3.8, 4) is 0 Å². The van der Waals surface area contributed by atoms with Gasteiger partial charge in [0.25, 0.3) is 11.8 Å². The molecule has 30 heavy (non-hydrogen) atoms. The molecule has 0 spiro atoms. The zero-order chi connectivity index (χ0) is 21.7. The van der Waals surface area contributed by atoms with Gasteiger partial charge in [-0.1, -0.05) is 29.3 Å². The summed E-state index contributed by atoms with van der Waals surface area (Å²) in [6.45, 7) is 1.27. The summed E-state index contributed by atoms with van der Waals surface area (Å²) in [6.07, 6.45) is 1.39. The molecule has 0 aliphatic heterocycles. The minimum absolute atomic E-state index is 0.139. The summed E-state index contributed by atoms with van der Waals surface area (Å²) in [5, 5.41) is 5.93. The first kappa shape index (κ1) is 21.4. The SMILES string of the molecule is Cc1ccc(C(=O)OCC(=O)Nc2cc(Cl)cc(Cl)c2)cc1NC(=O)c1ccco1. The zero-order valence-corrected chi connectivity index (χ0v) is 17.2. The molecule has 0 atom stereocenters. The normalized spacial score (nSPS) is 10.4. The van der Waals surface area contributed by atoms with Crippen molar-refractivity contribution in [1.82, 2.24) is 0 Å². The van der Waals surface area contributed by atoms with Crippen LogP contribution in [0, 0.1) is 6.92 Å². The number of carbonyl (C=O) groups excluding carboxylic acids is 3. The van der Waals surface area contributed by atoms with Crippen molar-refractivity contribution in [1.29, 1.82) is 0 Å². The number of benzene rings is 2. The Labute approximate surface area is 181 Å². The van der Waals surface area contributed by atoms with Crippen molar-refractivity contribution in [2.24, 2.45) is 0 Å². The topological polar surface area (TPSA) is 97.6 Å². The molecule has 1 aromatic heterocycles. The fourth-order valence-corrected chi connectivity index (χ4v) is 3.04. The van der Waals surface area contributed by atoms with Crippen LogP contribution in [-0.2, 0) is 9.53 Å². The molecule has 1 heterocycles. The summed E-state index contributed by atoms with van der Waals surface area (Å²) >= 11 is 11.8. The van der Waals surface area contributed by atoms with E-state index in [0.29, 0.717) is 21.4 Å². The van der Waals surface area contributed by atoms with Gasteiger partial charge in [-0.15, -0.1) is 0 Å². The van der Waals surface area contributed by atoms with E-state index in [1.54, 1.807) is 19.1 Å². The predicted octanol–water partition coefficient (Wildman–Crippen LogP) is 4.94. The van der Waals surface area contributed by atoms with Crippen LogP contribution in [0.25, 0.3) is 0 Å². The molecule has 2 N–H and O–H groups in total. The number of nitrogens with one attached hydrogen (secondary N) is 2. The van der Waals surface area contributed by atoms with Gasteiger partial charge in [0, 0.05) is 21.4 Å². The van der Waals surface area contributed by atoms with Gasteiger partial charge in [-0.3, -0.25) is 9.59 Å². The number of esters is 1. The Morgan fingerprint density at radius 2 is 1.73 bits per heavy atom. The summed E-state index contributed by atoms with van der Waals surface area (Å²) in [5.41, 5.74) is 1.71. The number of rotatable bonds is 6. The molecule has 3 rings (SSSR count). The van der Waals surface area contributed by atoms with E-state index in [4.69, 9.17) is 32.4 Å². The second-order valence-electron chi connectivity index (χ2n) is 6.24. The van der Waals surface area contributed by atoms with Crippen LogP contribution < -0.4 is 10.6 Å². The fourth-order valence-electron chi connectivity index (χ4n) is 2.51. The molecule has 0 unspecified atom stereocenters. The number of hydrogen-bond donors (Lipinski definition) is 2. The van der Waals surface area contributed by atoms with Gasteiger partial charge in [-0.05, 0) is 55.0 Å². The van der Waals surface area contributed by atoms with Crippen molar-refractivity contribution in [3.63, 3.8) is 0 Å². The van der Waals surface area contributed by atoms with Crippen LogP contribution in [0.4, 0.5) is 11.4 Å². The number of hydrogen-bond acceptors (Lipinski definition) is 5. The first-order valence-electron chi connectivity index (χ1n) is 8.70. The Balaban J connectivity index is 1.61. The van der Waals surface area contributed by atoms with E-state index in [1.165, 1.54) is 42.7 Å². The molecular formula is C21H16Cl2N2O5. The second kappa shape index (κ2) is 9.47. The number of anilines is 2. The maximum atomic E-state index is 12.3. The van der Waals surface area contributed by atoms with Crippen LogP contribution in [0.5, 0.6) is 0 Å². The monoisotopic (exact) mass is 446 g/mol. The molecule has 0 radical (unpaired) electrons. The van der Waals surface area contributed by atoms with Crippen molar-refractivity contribution < 1.29 is 23.5 Å². The van der Waals surface area contributed by atoms with Gasteiger partial charge >= 0.3 is 5.97 Å². The van der Waals surface area contributed by atoms with E-state index in [2.05, 4.69) is 10.6 Å². The molecule has 2 aromatic carbocycles. The Hall–Kier alpha value is -3.29. The predicted molar refractivity (Wildman–Crippen MR) is 113 cm³/mol. The smallest absolute Gasteiger partial charge is 0.338 e. The number of furan rings is 1. The summed E-state index contributed by atoms with van der Waals surface area (Å²) in [7, 11) is 0. The minimum Gasteiger partial charge on any atom is -0.459 e. The van der Waals surface area contributed by atoms with Crippen molar-refractivity contribution in [2.75, 3.05) is 17.2 Å². The van der Waals surface area contributed by atoms with Crippen LogP contribution in [0.3, 0.4) is 0 Å². The number of carbonyl (C=O) groups is 3. The Morgan fingerprint density at radius 1 is 1.00 bits per heavy atom. The molecule has 3 aromatic rings. The molecular weight excluding hydrogens is 431 g/mol. The van der Waals surface area contributed by atoms with Gasteiger partial charge in [0.15, 0.2) is 12.4 Å². The van der Waals surface area contributed by atoms with Gasteiger partial charge in [-0.25, -0.2) is 4.79 Å². The number of amides is 2. The lowest BCUT2D eigenvalue weighted by molar-refractivity contribution is -0.119. The maximum absolute atomic E-state index is 12.3. The molecule has 0 aliphatic carbocycles. The first-order valence-corrected chi connectivity index (χ1v) is 9.46. The molecule has 0 aliphatic rings. The maximum Gasteiger partial charge on any atom is 0.338 e. The minimum atomic E-state index is -0.720. The van der Waals surface area contributed by atoms with E-state index in [-0.39, 0.29) is 11.3 Å². The van der Waals surface area contributed by atoms with Gasteiger partial charge < -0.3 is 19.8 Å². The summed E-state index contributed by atoms with van der Waals surface area (Å²) in [4.78, 5) is 36.5. The highest BCUT2D eigenvalue weighted by atomic mass is 35.5. The lowest BCUT2D eigenvalue weighted by Gasteiger charge is -2.10. The average molecular weight is 447 g/mol. The fraction of sp³-hybridized carbons (Fsp3) is 0.0952. The van der Waals surface area contributed by atoms with Crippen LogP contribution in [-0.4, -0.2) is 24.4 Å². The lowest BCUT2D eigenvalue weighted by Crippen LogP contribution is -2.21. The molecule has 7 nitrogen and oxygen atoms in total. The summed E-state index contributed by atoms with van der Waals surface area (Å²) in [6, 6.07) is 12.3. The highest BCUT2D eigenvalue weighted by Gasteiger charge is 2.15. The van der Waals surface area contributed by atoms with E-state index >= 15 is 0 Å². The summed E-state index contributed by atoms with van der Waals surface area (Å²) < 4.78 is 10.1. The zero-order valence-electron chi connectivity index (χ0n) is 15.7. The third kappa shape index (κ3) is 5.62. The molecule has 2 amide bonds. The molecule has 0 saturated heterocycles. The Kier molecular flexibility index (Phi) is 6.76. The van der Waals surface area contributed by atoms with E-state index < -0.39 is 24.4 Å². The first-order chi connectivity index (χ1) is 14.3. The molecule has 154 valence electrons. The highest BCUT2D eigenvalue weighted by Crippen LogP contribution is 2.22. The quantitative estimate of drug-likeness (QED) is 0.522. The number of halogens is 2. The van der Waals surface area contributed by atoms with Gasteiger partial charge in [0.2, 0.25) is 0 Å². The number of ether oxygens (including phenoxy) is 1. The van der Waals surface area contributed by atoms with E-state index in [1.807, 2.05) is 0 Å². The summed E-state index contributed by atoms with van der Waals surface area (Å²) in [5.74, 6) is -1.59. The third-order valence-corrected chi connectivity index (χ3v) is 4.38. The highest BCUT2D eigenvalue weighted by molar-refractivity contribution is 6.35.